The van der Waals surface area contributed by atoms with Crippen LogP contribution in [-0.4, -0.2) is 22.2 Å². The average molecular weight is 387 g/mol. The lowest BCUT2D eigenvalue weighted by atomic mass is 10.1. The quantitative estimate of drug-likeness (QED) is 0.534. The molecule has 4 rings (SSSR count). The Hall–Kier alpha value is -3.67. The molecule has 0 radical (unpaired) electrons. The van der Waals surface area contributed by atoms with E-state index in [2.05, 4.69) is 15.5 Å². The number of carbonyl (C=O) groups excluding carboxylic acids is 1. The number of hydrogen-bond acceptors (Lipinski definition) is 5. The zero-order valence-corrected chi connectivity index (χ0v) is 16.3. The van der Waals surface area contributed by atoms with Crippen molar-refractivity contribution in [3.63, 3.8) is 0 Å². The second-order valence-corrected chi connectivity index (χ2v) is 6.84. The molecule has 6 nitrogen and oxygen atoms in total. The maximum atomic E-state index is 12.5. The Kier molecular flexibility index (Phi) is 5.24. The van der Waals surface area contributed by atoms with E-state index in [9.17, 15) is 4.79 Å². The second-order valence-electron chi connectivity index (χ2n) is 6.84. The first-order chi connectivity index (χ1) is 14.1. The van der Waals surface area contributed by atoms with Crippen LogP contribution >= 0.6 is 0 Å². The third kappa shape index (κ3) is 4.27. The van der Waals surface area contributed by atoms with Gasteiger partial charge in [-0.25, -0.2) is 0 Å². The van der Waals surface area contributed by atoms with Crippen molar-refractivity contribution < 1.29 is 14.1 Å². The first-order valence-corrected chi connectivity index (χ1v) is 9.42. The number of rotatable bonds is 6. The van der Waals surface area contributed by atoms with Crippen LogP contribution in [-0.2, 0) is 11.3 Å². The first-order valence-electron chi connectivity index (χ1n) is 9.42. The summed E-state index contributed by atoms with van der Waals surface area (Å²) in [5, 5.41) is 8.80. The molecule has 0 aliphatic heterocycles. The van der Waals surface area contributed by atoms with Crippen molar-refractivity contribution >= 4 is 16.7 Å². The van der Waals surface area contributed by atoms with Gasteiger partial charge < -0.3 is 14.6 Å². The molecule has 0 saturated carbocycles. The van der Waals surface area contributed by atoms with Gasteiger partial charge in [0.1, 0.15) is 5.75 Å². The molecular formula is C23H21N3O3. The number of nitrogens with one attached hydrogen (secondary N) is 1. The molecule has 1 amide bonds. The van der Waals surface area contributed by atoms with Gasteiger partial charge in [0.2, 0.25) is 11.7 Å². The summed E-state index contributed by atoms with van der Waals surface area (Å²) in [6.45, 7) is 3.85. The van der Waals surface area contributed by atoms with Crippen LogP contribution < -0.4 is 10.1 Å². The van der Waals surface area contributed by atoms with Crippen LogP contribution in [0.2, 0.25) is 0 Å². The summed E-state index contributed by atoms with van der Waals surface area (Å²) < 4.78 is 11.1. The van der Waals surface area contributed by atoms with E-state index in [1.165, 1.54) is 0 Å². The van der Waals surface area contributed by atoms with Gasteiger partial charge >= 0.3 is 0 Å². The van der Waals surface area contributed by atoms with E-state index < -0.39 is 6.10 Å². The highest BCUT2D eigenvalue weighted by Crippen LogP contribution is 2.26. The largest absolute Gasteiger partial charge is 0.480 e. The number of amides is 1. The Morgan fingerprint density at radius 1 is 1.10 bits per heavy atom. The maximum absolute atomic E-state index is 12.5. The number of hydrogen-bond donors (Lipinski definition) is 1. The Bertz CT molecular complexity index is 1150. The van der Waals surface area contributed by atoms with Gasteiger partial charge in [-0.05, 0) is 31.4 Å². The number of aromatic nitrogens is 2. The van der Waals surface area contributed by atoms with E-state index >= 15 is 0 Å². The minimum absolute atomic E-state index is 0.140. The first kappa shape index (κ1) is 18.7. The Morgan fingerprint density at radius 2 is 1.90 bits per heavy atom. The Labute approximate surface area is 168 Å². The fourth-order valence-corrected chi connectivity index (χ4v) is 3.08. The molecule has 6 heteroatoms. The van der Waals surface area contributed by atoms with Crippen LogP contribution in [0.25, 0.3) is 22.2 Å². The van der Waals surface area contributed by atoms with Crippen LogP contribution in [0, 0.1) is 6.92 Å². The highest BCUT2D eigenvalue weighted by molar-refractivity contribution is 5.89. The molecular weight excluding hydrogens is 366 g/mol. The lowest BCUT2D eigenvalue weighted by Crippen LogP contribution is -2.36. The maximum Gasteiger partial charge on any atom is 0.261 e. The van der Waals surface area contributed by atoms with Crippen molar-refractivity contribution in [2.45, 2.75) is 26.5 Å². The summed E-state index contributed by atoms with van der Waals surface area (Å²) in [5.74, 6) is 1.25. The third-order valence-electron chi connectivity index (χ3n) is 4.58. The van der Waals surface area contributed by atoms with E-state index in [0.717, 1.165) is 21.9 Å². The number of nitrogens with zero attached hydrogens (tertiary/aromatic N) is 2. The highest BCUT2D eigenvalue weighted by atomic mass is 16.5. The SMILES string of the molecule is Cc1cccc(-c2noc(CNC(=O)C(C)Oc3cccc4ccccc34)n2)c1. The Morgan fingerprint density at radius 3 is 2.76 bits per heavy atom. The van der Waals surface area contributed by atoms with Crippen molar-refractivity contribution in [1.29, 1.82) is 0 Å². The molecule has 0 fully saturated rings. The van der Waals surface area contributed by atoms with Gasteiger partial charge in [0.05, 0.1) is 6.54 Å². The Balaban J connectivity index is 1.38. The summed E-state index contributed by atoms with van der Waals surface area (Å²) in [7, 11) is 0. The van der Waals surface area contributed by atoms with Crippen molar-refractivity contribution in [2.75, 3.05) is 0 Å². The number of fused-ring (bicyclic) bond motifs is 1. The molecule has 1 aromatic heterocycles. The van der Waals surface area contributed by atoms with Gasteiger partial charge in [-0.3, -0.25) is 4.79 Å². The number of aryl methyl sites for hydroxylation is 1. The summed E-state index contributed by atoms with van der Waals surface area (Å²) in [5.41, 5.74) is 1.99. The van der Waals surface area contributed by atoms with Crippen LogP contribution in [0.3, 0.4) is 0 Å². The van der Waals surface area contributed by atoms with E-state index in [0.29, 0.717) is 17.5 Å². The topological polar surface area (TPSA) is 77.2 Å². The molecule has 4 aromatic rings. The van der Waals surface area contributed by atoms with Crippen LogP contribution in [0.1, 0.15) is 18.4 Å². The van der Waals surface area contributed by atoms with E-state index in [-0.39, 0.29) is 12.5 Å². The lowest BCUT2D eigenvalue weighted by molar-refractivity contribution is -0.127. The van der Waals surface area contributed by atoms with Crippen molar-refractivity contribution in [1.82, 2.24) is 15.5 Å². The summed E-state index contributed by atoms with van der Waals surface area (Å²) in [6.07, 6.45) is -0.667. The summed E-state index contributed by atoms with van der Waals surface area (Å²) >= 11 is 0. The molecule has 1 unspecified atom stereocenters. The van der Waals surface area contributed by atoms with Crippen molar-refractivity contribution in [2.24, 2.45) is 0 Å². The predicted molar refractivity (Wildman–Crippen MR) is 110 cm³/mol. The highest BCUT2D eigenvalue weighted by Gasteiger charge is 2.17. The minimum atomic E-state index is -0.667. The molecule has 0 saturated heterocycles. The van der Waals surface area contributed by atoms with E-state index in [1.54, 1.807) is 6.92 Å². The molecule has 1 atom stereocenters. The zero-order chi connectivity index (χ0) is 20.2. The monoisotopic (exact) mass is 387 g/mol. The third-order valence-corrected chi connectivity index (χ3v) is 4.58. The average Bonchev–Trinajstić information content (AvgIpc) is 3.21. The van der Waals surface area contributed by atoms with Gasteiger partial charge in [-0.2, -0.15) is 4.98 Å². The number of ether oxygens (including phenoxy) is 1. The van der Waals surface area contributed by atoms with Gasteiger partial charge in [0.25, 0.3) is 5.91 Å². The predicted octanol–water partition coefficient (Wildman–Crippen LogP) is 4.28. The van der Waals surface area contributed by atoms with E-state index in [1.807, 2.05) is 73.7 Å². The fraction of sp³-hybridized carbons (Fsp3) is 0.174. The molecule has 3 aromatic carbocycles. The second kappa shape index (κ2) is 8.14. The smallest absolute Gasteiger partial charge is 0.261 e. The molecule has 1 heterocycles. The molecule has 146 valence electrons. The van der Waals surface area contributed by atoms with Gasteiger partial charge in [0.15, 0.2) is 6.10 Å². The van der Waals surface area contributed by atoms with Gasteiger partial charge in [-0.15, -0.1) is 0 Å². The van der Waals surface area contributed by atoms with Gasteiger partial charge in [0, 0.05) is 10.9 Å². The fourth-order valence-electron chi connectivity index (χ4n) is 3.08. The minimum Gasteiger partial charge on any atom is -0.480 e. The van der Waals surface area contributed by atoms with Gasteiger partial charge in [-0.1, -0.05) is 65.3 Å². The summed E-state index contributed by atoms with van der Waals surface area (Å²) in [4.78, 5) is 16.8. The molecule has 0 aliphatic rings. The van der Waals surface area contributed by atoms with Crippen LogP contribution in [0.5, 0.6) is 5.75 Å². The molecule has 0 spiro atoms. The normalized spacial score (nSPS) is 11.9. The van der Waals surface area contributed by atoms with Crippen LogP contribution in [0.4, 0.5) is 0 Å². The number of carbonyl (C=O) groups is 1. The molecule has 29 heavy (non-hydrogen) atoms. The van der Waals surface area contributed by atoms with Crippen molar-refractivity contribution in [3.05, 3.63) is 78.2 Å². The molecule has 0 aliphatic carbocycles. The van der Waals surface area contributed by atoms with E-state index in [4.69, 9.17) is 9.26 Å². The standard InChI is InChI=1S/C23H21N3O3/c1-15-7-5-10-18(13-15)22-25-21(29-26-22)14-24-23(27)16(2)28-20-12-6-9-17-8-3-4-11-19(17)20/h3-13,16H,14H2,1-2H3,(H,24,27). The lowest BCUT2D eigenvalue weighted by Gasteiger charge is -2.15. The molecule has 1 N–H and O–H groups in total. The number of benzene rings is 3. The van der Waals surface area contributed by atoms with Crippen LogP contribution in [0.15, 0.2) is 71.3 Å². The zero-order valence-electron chi connectivity index (χ0n) is 16.3. The van der Waals surface area contributed by atoms with Crippen molar-refractivity contribution in [3.8, 4) is 17.1 Å². The summed E-state index contributed by atoms with van der Waals surface area (Å²) in [6, 6.07) is 21.5. The molecule has 0 bridgehead atoms.